The van der Waals surface area contributed by atoms with Gasteiger partial charge in [0.2, 0.25) is 0 Å². The van der Waals surface area contributed by atoms with E-state index in [1.54, 1.807) is 0 Å². The van der Waals surface area contributed by atoms with Crippen molar-refractivity contribution in [3.05, 3.63) is 210 Å². The highest BCUT2D eigenvalue weighted by atomic mass is 32.1. The van der Waals surface area contributed by atoms with E-state index in [4.69, 9.17) is 0 Å². The molecule has 0 bridgehead atoms. The van der Waals surface area contributed by atoms with Crippen molar-refractivity contribution in [3.8, 4) is 22.3 Å². The van der Waals surface area contributed by atoms with Gasteiger partial charge in [-0.25, -0.2) is 0 Å². The van der Waals surface area contributed by atoms with Crippen molar-refractivity contribution in [3.63, 3.8) is 0 Å². The highest BCUT2D eigenvalue weighted by molar-refractivity contribution is 7.26. The normalized spacial score (nSPS) is 15.1. The molecule has 0 aliphatic heterocycles. The fourth-order valence-corrected chi connectivity index (χ4v) is 11.4. The summed E-state index contributed by atoms with van der Waals surface area (Å²) in [6.07, 6.45) is 0.955. The van der Waals surface area contributed by atoms with Crippen molar-refractivity contribution in [2.24, 2.45) is 0 Å². The van der Waals surface area contributed by atoms with Crippen LogP contribution in [-0.4, -0.2) is 0 Å². The Balaban J connectivity index is 1.23. The van der Waals surface area contributed by atoms with E-state index in [0.29, 0.717) is 0 Å². The lowest BCUT2D eigenvalue weighted by molar-refractivity contribution is 0.759. The number of nitrogens with zero attached hydrogens (tertiary/aromatic N) is 1. The first-order valence-corrected chi connectivity index (χ1v) is 20.1. The minimum atomic E-state index is -0.494. The fourth-order valence-electron chi connectivity index (χ4n) is 10.2. The Hall–Kier alpha value is -6.48. The topological polar surface area (TPSA) is 3.24 Å². The molecule has 1 unspecified atom stereocenters. The molecule has 10 aromatic rings. The highest BCUT2D eigenvalue weighted by Crippen LogP contribution is 2.63. The second-order valence-electron chi connectivity index (χ2n) is 15.0. The molecule has 0 amide bonds. The standard InChI is InChI=1S/C53H35NS/c1-2-33-28-29-35-16-11-21-42-39-19-6-9-24-45(39)53(51(33)50(35)42)44-23-8-5-18-38(44)40-31-30-36(32-46(40)53)54(47-25-12-15-34-14-3-4-17-37(34)47)48-26-13-22-43-41-20-7-10-27-49(41)55-52(43)48/h3-32H,2H2,1H3. The molecule has 55 heavy (non-hydrogen) atoms. The smallest absolute Gasteiger partial charge is 0.0729 e. The predicted octanol–water partition coefficient (Wildman–Crippen LogP) is 14.7. The Labute approximate surface area is 324 Å². The molecular weight excluding hydrogens is 683 g/mol. The van der Waals surface area contributed by atoms with Crippen LogP contribution < -0.4 is 4.90 Å². The molecule has 0 saturated heterocycles. The van der Waals surface area contributed by atoms with Crippen molar-refractivity contribution in [1.29, 1.82) is 0 Å². The van der Waals surface area contributed by atoms with Gasteiger partial charge in [-0.15, -0.1) is 11.3 Å². The zero-order chi connectivity index (χ0) is 36.3. The summed E-state index contributed by atoms with van der Waals surface area (Å²) >= 11 is 1.89. The van der Waals surface area contributed by atoms with Crippen LogP contribution in [0.5, 0.6) is 0 Å². The molecule has 1 atom stereocenters. The lowest BCUT2D eigenvalue weighted by Crippen LogP contribution is -2.33. The average Bonchev–Trinajstić information content (AvgIpc) is 3.77. The fraction of sp³-hybridized carbons (Fsp3) is 0.0566. The number of hydrogen-bond donors (Lipinski definition) is 0. The first kappa shape index (κ1) is 30.9. The molecule has 12 rings (SSSR count). The lowest BCUT2D eigenvalue weighted by Gasteiger charge is -2.41. The van der Waals surface area contributed by atoms with Crippen molar-refractivity contribution >= 4 is 70.1 Å². The van der Waals surface area contributed by atoms with Gasteiger partial charge in [-0.3, -0.25) is 0 Å². The van der Waals surface area contributed by atoms with Gasteiger partial charge in [0.15, 0.2) is 0 Å². The van der Waals surface area contributed by atoms with Crippen LogP contribution in [0.1, 0.15) is 34.7 Å². The van der Waals surface area contributed by atoms with Crippen LogP contribution in [0, 0.1) is 0 Å². The quantitative estimate of drug-likeness (QED) is 0.175. The van der Waals surface area contributed by atoms with Gasteiger partial charge in [-0.1, -0.05) is 159 Å². The summed E-state index contributed by atoms with van der Waals surface area (Å²) in [5.74, 6) is 0. The summed E-state index contributed by atoms with van der Waals surface area (Å²) in [7, 11) is 0. The van der Waals surface area contributed by atoms with Crippen LogP contribution >= 0.6 is 11.3 Å². The van der Waals surface area contributed by atoms with Crippen molar-refractivity contribution in [1.82, 2.24) is 0 Å². The average molecular weight is 718 g/mol. The van der Waals surface area contributed by atoms with Gasteiger partial charge in [-0.05, 0) is 103 Å². The van der Waals surface area contributed by atoms with Gasteiger partial charge in [0.25, 0.3) is 0 Å². The van der Waals surface area contributed by atoms with Crippen molar-refractivity contribution in [2.75, 3.05) is 4.90 Å². The molecule has 0 fully saturated rings. The minimum Gasteiger partial charge on any atom is -0.308 e. The molecule has 2 heteroatoms. The van der Waals surface area contributed by atoms with Crippen LogP contribution in [0.4, 0.5) is 17.1 Å². The summed E-state index contributed by atoms with van der Waals surface area (Å²) in [6.45, 7) is 2.32. The molecular formula is C53H35NS. The number of rotatable bonds is 4. The van der Waals surface area contributed by atoms with E-state index < -0.39 is 5.41 Å². The Morgan fingerprint density at radius 2 is 1.09 bits per heavy atom. The molecule has 258 valence electrons. The number of thiophene rings is 1. The second-order valence-corrected chi connectivity index (χ2v) is 16.1. The first-order chi connectivity index (χ1) is 27.3. The van der Waals surface area contributed by atoms with E-state index in [1.165, 1.54) is 103 Å². The lowest BCUT2D eigenvalue weighted by atomic mass is 9.60. The summed E-state index contributed by atoms with van der Waals surface area (Å²) in [5.41, 5.74) is 15.3. The zero-order valence-electron chi connectivity index (χ0n) is 30.4. The Morgan fingerprint density at radius 3 is 1.95 bits per heavy atom. The molecule has 0 radical (unpaired) electrons. The van der Waals surface area contributed by atoms with E-state index >= 15 is 0 Å². The van der Waals surface area contributed by atoms with E-state index in [9.17, 15) is 0 Å². The first-order valence-electron chi connectivity index (χ1n) is 19.3. The number of benzene rings is 9. The monoisotopic (exact) mass is 717 g/mol. The number of anilines is 3. The third-order valence-corrected chi connectivity index (χ3v) is 13.6. The van der Waals surface area contributed by atoms with Crippen LogP contribution in [0.3, 0.4) is 0 Å². The minimum absolute atomic E-state index is 0.494. The van der Waals surface area contributed by atoms with Gasteiger partial charge >= 0.3 is 0 Å². The number of fused-ring (bicyclic) bond motifs is 13. The maximum Gasteiger partial charge on any atom is 0.0729 e. The number of hydrogen-bond acceptors (Lipinski definition) is 2. The Morgan fingerprint density at radius 1 is 0.473 bits per heavy atom. The van der Waals surface area contributed by atoms with Crippen LogP contribution in [0.15, 0.2) is 182 Å². The Bertz CT molecular complexity index is 3220. The largest absolute Gasteiger partial charge is 0.308 e. The SMILES string of the molecule is CCc1ccc2cccc3c2c1C1(c2ccccc2-c2ccc(N(c4cccc5ccccc45)c4cccc5c4sc4ccccc45)cc21)c1ccccc1-3. The third-order valence-electron chi connectivity index (χ3n) is 12.4. The summed E-state index contributed by atoms with van der Waals surface area (Å²) in [4.78, 5) is 2.54. The molecule has 0 N–H and O–H groups in total. The molecule has 0 saturated carbocycles. The Kier molecular flexibility index (Phi) is 6.47. The molecule has 1 spiro atoms. The zero-order valence-corrected chi connectivity index (χ0v) is 31.2. The molecule has 2 aliphatic rings. The van der Waals surface area contributed by atoms with Gasteiger partial charge in [0, 0.05) is 26.5 Å². The maximum absolute atomic E-state index is 2.55. The summed E-state index contributed by atoms with van der Waals surface area (Å²) < 4.78 is 2.61. The van der Waals surface area contributed by atoms with Crippen molar-refractivity contribution in [2.45, 2.75) is 18.8 Å². The molecule has 1 nitrogen and oxygen atoms in total. The predicted molar refractivity (Wildman–Crippen MR) is 235 cm³/mol. The second kappa shape index (κ2) is 11.5. The molecule has 1 heterocycles. The molecule has 2 aliphatic carbocycles. The van der Waals surface area contributed by atoms with E-state index in [0.717, 1.165) is 12.1 Å². The van der Waals surface area contributed by atoms with Crippen LogP contribution in [0.25, 0.3) is 64.0 Å². The van der Waals surface area contributed by atoms with E-state index in [2.05, 4.69) is 194 Å². The van der Waals surface area contributed by atoms with Gasteiger partial charge in [0.05, 0.1) is 21.5 Å². The van der Waals surface area contributed by atoms with Gasteiger partial charge in [-0.2, -0.15) is 0 Å². The summed E-state index contributed by atoms with van der Waals surface area (Å²) in [5, 5.41) is 7.75. The maximum atomic E-state index is 2.55. The van der Waals surface area contributed by atoms with E-state index in [1.807, 2.05) is 11.3 Å². The summed E-state index contributed by atoms with van der Waals surface area (Å²) in [6, 6.07) is 68.6. The van der Waals surface area contributed by atoms with E-state index in [-0.39, 0.29) is 0 Å². The van der Waals surface area contributed by atoms with Crippen molar-refractivity contribution < 1.29 is 0 Å². The third kappa shape index (κ3) is 4.07. The van der Waals surface area contributed by atoms with Crippen LogP contribution in [-0.2, 0) is 11.8 Å². The number of aryl methyl sites for hydroxylation is 1. The molecule has 1 aromatic heterocycles. The van der Waals surface area contributed by atoms with Crippen LogP contribution in [0.2, 0.25) is 0 Å². The molecule has 9 aromatic carbocycles. The highest BCUT2D eigenvalue weighted by Gasteiger charge is 2.51. The van der Waals surface area contributed by atoms with Gasteiger partial charge < -0.3 is 4.90 Å². The van der Waals surface area contributed by atoms with Gasteiger partial charge in [0.1, 0.15) is 0 Å².